The van der Waals surface area contributed by atoms with Crippen LogP contribution in [0.4, 0.5) is 0 Å². The fourth-order valence-electron chi connectivity index (χ4n) is 3.33. The lowest BCUT2D eigenvalue weighted by Crippen LogP contribution is -2.09. The second kappa shape index (κ2) is 4.98. The summed E-state index contributed by atoms with van der Waals surface area (Å²) in [4.78, 5) is 12.8. The molecule has 0 atom stereocenters. The molecule has 1 aliphatic rings. The van der Waals surface area contributed by atoms with Crippen LogP contribution in [0.2, 0.25) is 0 Å². The Morgan fingerprint density at radius 3 is 2.44 bits per heavy atom. The first-order chi connectivity index (χ1) is 12.2. The van der Waals surface area contributed by atoms with Gasteiger partial charge in [0, 0.05) is 22.6 Å². The molecule has 4 aromatic rings. The molecule has 0 unspecified atom stereocenters. The Bertz CT molecular complexity index is 1140. The zero-order valence-corrected chi connectivity index (χ0v) is 13.0. The van der Waals surface area contributed by atoms with Gasteiger partial charge in [0.15, 0.2) is 5.78 Å². The van der Waals surface area contributed by atoms with Gasteiger partial charge in [-0.1, -0.05) is 42.5 Å². The first kappa shape index (κ1) is 13.9. The minimum Gasteiger partial charge on any atom is -0.507 e. The van der Waals surface area contributed by atoms with E-state index < -0.39 is 0 Å². The maximum Gasteiger partial charge on any atom is 0.198 e. The molecule has 1 aromatic heterocycles. The van der Waals surface area contributed by atoms with Crippen LogP contribution in [-0.4, -0.2) is 10.9 Å². The highest BCUT2D eigenvalue weighted by atomic mass is 16.5. The van der Waals surface area contributed by atoms with Crippen molar-refractivity contribution in [1.82, 2.24) is 0 Å². The molecule has 25 heavy (non-hydrogen) atoms. The molecule has 1 N–H and O–H groups in total. The van der Waals surface area contributed by atoms with Crippen LogP contribution >= 0.6 is 0 Å². The predicted molar refractivity (Wildman–Crippen MR) is 93.3 cm³/mol. The molecule has 0 fully saturated rings. The standard InChI is InChI=1S/C21H12O4/c22-16-10-17(25-12-6-2-1-3-7-12)15-11-24-21-14-9-5-4-8-13(14)20(23)19(16)18(15)21/h1-11,22H. The van der Waals surface area contributed by atoms with E-state index in [-0.39, 0.29) is 17.1 Å². The number of carbonyl (C=O) groups is 1. The van der Waals surface area contributed by atoms with Gasteiger partial charge in [-0.25, -0.2) is 0 Å². The van der Waals surface area contributed by atoms with Gasteiger partial charge in [0.25, 0.3) is 0 Å². The van der Waals surface area contributed by atoms with Gasteiger partial charge in [-0.05, 0) is 12.1 Å². The second-order valence-corrected chi connectivity index (χ2v) is 5.91. The number of phenols is 1. The summed E-state index contributed by atoms with van der Waals surface area (Å²) in [5, 5.41) is 11.8. The number of carbonyl (C=O) groups excluding carboxylic acids is 1. The molecule has 3 aromatic carbocycles. The van der Waals surface area contributed by atoms with E-state index in [1.54, 1.807) is 18.4 Å². The Hall–Kier alpha value is -3.53. The number of furan rings is 1. The lowest BCUT2D eigenvalue weighted by Gasteiger charge is -2.17. The van der Waals surface area contributed by atoms with Gasteiger partial charge in [0.05, 0.1) is 10.9 Å². The largest absolute Gasteiger partial charge is 0.507 e. The fraction of sp³-hybridized carbons (Fsp3) is 0. The van der Waals surface area contributed by atoms with Crippen molar-refractivity contribution in [3.8, 4) is 28.6 Å². The van der Waals surface area contributed by atoms with Crippen molar-refractivity contribution in [2.75, 3.05) is 0 Å². The molecular weight excluding hydrogens is 316 g/mol. The lowest BCUT2D eigenvalue weighted by molar-refractivity contribution is 0.103. The van der Waals surface area contributed by atoms with Crippen molar-refractivity contribution in [3.63, 3.8) is 0 Å². The first-order valence-electron chi connectivity index (χ1n) is 7.88. The third-order valence-electron chi connectivity index (χ3n) is 4.44. The van der Waals surface area contributed by atoms with Crippen LogP contribution in [0.25, 0.3) is 22.1 Å². The van der Waals surface area contributed by atoms with Crippen molar-refractivity contribution in [1.29, 1.82) is 0 Å². The van der Waals surface area contributed by atoms with Crippen molar-refractivity contribution in [3.05, 3.63) is 78.1 Å². The normalized spacial score (nSPS) is 12.2. The molecule has 0 aliphatic heterocycles. The van der Waals surface area contributed by atoms with Crippen LogP contribution in [0.5, 0.6) is 17.2 Å². The molecule has 0 radical (unpaired) electrons. The first-order valence-corrected chi connectivity index (χ1v) is 7.88. The highest BCUT2D eigenvalue weighted by molar-refractivity contribution is 6.27. The van der Waals surface area contributed by atoms with Crippen LogP contribution in [0, 0.1) is 0 Å². The molecule has 1 aliphatic carbocycles. The zero-order chi connectivity index (χ0) is 17.0. The van der Waals surface area contributed by atoms with Crippen LogP contribution in [-0.2, 0) is 0 Å². The van der Waals surface area contributed by atoms with Crippen LogP contribution in [0.1, 0.15) is 15.9 Å². The Morgan fingerprint density at radius 1 is 0.920 bits per heavy atom. The summed E-state index contributed by atoms with van der Waals surface area (Å²) < 4.78 is 11.7. The number of para-hydroxylation sites is 1. The second-order valence-electron chi connectivity index (χ2n) is 5.91. The van der Waals surface area contributed by atoms with Crippen LogP contribution in [0.15, 0.2) is 71.3 Å². The summed E-state index contributed by atoms with van der Waals surface area (Å²) in [6.45, 7) is 0. The minimum absolute atomic E-state index is 0.111. The van der Waals surface area contributed by atoms with E-state index in [0.29, 0.717) is 33.6 Å². The summed E-state index contributed by atoms with van der Waals surface area (Å²) in [7, 11) is 0. The summed E-state index contributed by atoms with van der Waals surface area (Å²) >= 11 is 0. The molecular formula is C21H12O4. The minimum atomic E-state index is -0.210. The molecule has 0 saturated carbocycles. The fourth-order valence-corrected chi connectivity index (χ4v) is 3.33. The van der Waals surface area contributed by atoms with Gasteiger partial charge in [0.1, 0.15) is 29.3 Å². The SMILES string of the molecule is O=C1c2ccccc2-c2occ3c(Oc4ccccc4)cc(O)c1c23. The van der Waals surface area contributed by atoms with Crippen molar-refractivity contribution in [2.45, 2.75) is 0 Å². The van der Waals surface area contributed by atoms with Gasteiger partial charge in [-0.2, -0.15) is 0 Å². The number of aromatic hydroxyl groups is 1. The van der Waals surface area contributed by atoms with E-state index >= 15 is 0 Å². The number of fused-ring (bicyclic) bond motifs is 2. The number of hydrogen-bond acceptors (Lipinski definition) is 4. The van der Waals surface area contributed by atoms with E-state index in [9.17, 15) is 9.90 Å². The summed E-state index contributed by atoms with van der Waals surface area (Å²) in [5.41, 5.74) is 1.52. The maximum atomic E-state index is 12.8. The van der Waals surface area contributed by atoms with E-state index in [0.717, 1.165) is 5.56 Å². The van der Waals surface area contributed by atoms with E-state index in [1.807, 2.05) is 42.5 Å². The van der Waals surface area contributed by atoms with E-state index in [1.165, 1.54) is 6.07 Å². The number of ether oxygens (including phenoxy) is 1. The van der Waals surface area contributed by atoms with Crippen LogP contribution < -0.4 is 4.74 Å². The monoisotopic (exact) mass is 328 g/mol. The summed E-state index contributed by atoms with van der Waals surface area (Å²) in [6, 6.07) is 18.0. The predicted octanol–water partition coefficient (Wildman–Crippen LogP) is 5.14. The molecule has 4 nitrogen and oxygen atoms in total. The number of hydrogen-bond donors (Lipinski definition) is 1. The third-order valence-corrected chi connectivity index (χ3v) is 4.44. The highest BCUT2D eigenvalue weighted by Crippen LogP contribution is 2.47. The van der Waals surface area contributed by atoms with Crippen molar-refractivity contribution < 1.29 is 19.1 Å². The quantitative estimate of drug-likeness (QED) is 0.487. The molecule has 4 heteroatoms. The number of phenolic OH excluding ortho intramolecular Hbond substituents is 1. The average Bonchev–Trinajstić information content (AvgIpc) is 3.07. The Morgan fingerprint density at radius 2 is 1.64 bits per heavy atom. The highest BCUT2D eigenvalue weighted by Gasteiger charge is 2.31. The van der Waals surface area contributed by atoms with E-state index in [2.05, 4.69) is 0 Å². The molecule has 0 saturated heterocycles. The van der Waals surface area contributed by atoms with E-state index in [4.69, 9.17) is 9.15 Å². The molecule has 0 amide bonds. The molecule has 120 valence electrons. The number of rotatable bonds is 2. The van der Waals surface area contributed by atoms with Crippen molar-refractivity contribution in [2.24, 2.45) is 0 Å². The van der Waals surface area contributed by atoms with Crippen molar-refractivity contribution >= 4 is 16.6 Å². The smallest absolute Gasteiger partial charge is 0.198 e. The Labute approximate surface area is 142 Å². The van der Waals surface area contributed by atoms with Gasteiger partial charge in [-0.15, -0.1) is 0 Å². The number of benzene rings is 3. The Kier molecular flexibility index (Phi) is 2.76. The zero-order valence-electron chi connectivity index (χ0n) is 13.0. The van der Waals surface area contributed by atoms with Gasteiger partial charge in [-0.3, -0.25) is 4.79 Å². The van der Waals surface area contributed by atoms with Gasteiger partial charge < -0.3 is 14.3 Å². The number of ketones is 1. The van der Waals surface area contributed by atoms with Crippen LogP contribution in [0.3, 0.4) is 0 Å². The molecule has 0 bridgehead atoms. The summed E-state index contributed by atoms with van der Waals surface area (Å²) in [6.07, 6.45) is 1.57. The van der Waals surface area contributed by atoms with Gasteiger partial charge in [0.2, 0.25) is 0 Å². The topological polar surface area (TPSA) is 59.7 Å². The molecule has 5 rings (SSSR count). The average molecular weight is 328 g/mol. The molecule has 1 heterocycles. The Balaban J connectivity index is 1.79. The summed E-state index contributed by atoms with van der Waals surface area (Å²) in [5.74, 6) is 1.35. The molecule has 0 spiro atoms. The lowest BCUT2D eigenvalue weighted by atomic mass is 9.87. The third kappa shape index (κ3) is 1.91. The maximum absolute atomic E-state index is 12.8. The van der Waals surface area contributed by atoms with Gasteiger partial charge >= 0.3 is 0 Å².